The first-order chi connectivity index (χ1) is 14.5. The average Bonchev–Trinajstić information content (AvgIpc) is 2.65. The Morgan fingerprint density at radius 3 is 2.58 bits per heavy atom. The van der Waals surface area contributed by atoms with E-state index in [-0.39, 0.29) is 5.91 Å². The van der Waals surface area contributed by atoms with Crippen LogP contribution >= 0.6 is 0 Å². The lowest BCUT2D eigenvalue weighted by atomic mass is 9.95. The van der Waals surface area contributed by atoms with Crippen LogP contribution in [0.25, 0.3) is 11.1 Å². The first-order valence-corrected chi connectivity index (χ1v) is 10.1. The largest absolute Gasteiger partial charge is 0.444 e. The molecule has 2 amide bonds. The highest BCUT2D eigenvalue weighted by Gasteiger charge is 2.22. The number of benzene rings is 2. The van der Waals surface area contributed by atoms with Crippen LogP contribution in [0, 0.1) is 17.6 Å². The molecule has 0 aromatic heterocycles. The van der Waals surface area contributed by atoms with Gasteiger partial charge in [-0.05, 0) is 74.7 Å². The SMILES string of the molecule is C[C@@H]1C=CC[C@H](NC(=O)OC(C)(C)C)c2cc(F)cc(c2)-c2cc(F)ccc2NC1=O. The lowest BCUT2D eigenvalue weighted by Crippen LogP contribution is -2.35. The Morgan fingerprint density at radius 2 is 1.87 bits per heavy atom. The molecule has 164 valence electrons. The zero-order valence-corrected chi connectivity index (χ0v) is 18.0. The van der Waals surface area contributed by atoms with Gasteiger partial charge in [-0.3, -0.25) is 4.79 Å². The van der Waals surface area contributed by atoms with E-state index in [0.717, 1.165) is 0 Å². The summed E-state index contributed by atoms with van der Waals surface area (Å²) in [6.07, 6.45) is 3.16. The fraction of sp³-hybridized carbons (Fsp3) is 0.333. The molecular formula is C24H26F2N2O3. The number of hydrogen-bond acceptors (Lipinski definition) is 3. The average molecular weight is 428 g/mol. The third-order valence-electron chi connectivity index (χ3n) is 4.77. The Balaban J connectivity index is 2.10. The quantitative estimate of drug-likeness (QED) is 0.570. The van der Waals surface area contributed by atoms with Crippen molar-refractivity contribution in [3.63, 3.8) is 0 Å². The van der Waals surface area contributed by atoms with E-state index in [4.69, 9.17) is 4.74 Å². The molecule has 0 aliphatic carbocycles. The van der Waals surface area contributed by atoms with Crippen molar-refractivity contribution < 1.29 is 23.1 Å². The van der Waals surface area contributed by atoms with Crippen molar-refractivity contribution >= 4 is 17.7 Å². The number of amides is 2. The normalized spacial score (nSPS) is 18.8. The number of carbonyl (C=O) groups is 2. The molecule has 2 atom stereocenters. The molecule has 2 aromatic carbocycles. The summed E-state index contributed by atoms with van der Waals surface area (Å²) in [6.45, 7) is 6.98. The summed E-state index contributed by atoms with van der Waals surface area (Å²) in [4.78, 5) is 24.9. The number of ether oxygens (including phenoxy) is 1. The maximum Gasteiger partial charge on any atom is 0.408 e. The number of fused-ring (bicyclic) bond motifs is 4. The van der Waals surface area contributed by atoms with Gasteiger partial charge in [0.2, 0.25) is 5.91 Å². The van der Waals surface area contributed by atoms with E-state index in [9.17, 15) is 18.4 Å². The molecule has 1 heterocycles. The van der Waals surface area contributed by atoms with Crippen molar-refractivity contribution in [2.45, 2.75) is 45.8 Å². The maximum atomic E-state index is 14.6. The van der Waals surface area contributed by atoms with Crippen molar-refractivity contribution in [2.75, 3.05) is 5.32 Å². The second-order valence-corrected chi connectivity index (χ2v) is 8.60. The predicted molar refractivity (Wildman–Crippen MR) is 115 cm³/mol. The van der Waals surface area contributed by atoms with Crippen LogP contribution in [0.3, 0.4) is 0 Å². The molecular weight excluding hydrogens is 402 g/mol. The summed E-state index contributed by atoms with van der Waals surface area (Å²) < 4.78 is 33.9. The van der Waals surface area contributed by atoms with Gasteiger partial charge in [0, 0.05) is 11.3 Å². The molecule has 3 rings (SSSR count). The van der Waals surface area contributed by atoms with Gasteiger partial charge in [-0.25, -0.2) is 13.6 Å². The summed E-state index contributed by atoms with van der Waals surface area (Å²) >= 11 is 0. The Hall–Kier alpha value is -3.22. The van der Waals surface area contributed by atoms with Crippen molar-refractivity contribution in [3.05, 3.63) is 65.7 Å². The first kappa shape index (κ1) is 22.5. The molecule has 0 saturated carbocycles. The molecule has 7 heteroatoms. The summed E-state index contributed by atoms with van der Waals surface area (Å²) in [5.74, 6) is -1.80. The third kappa shape index (κ3) is 5.90. The number of rotatable bonds is 1. The first-order valence-electron chi connectivity index (χ1n) is 10.1. The number of carbonyl (C=O) groups excluding carboxylic acids is 2. The fourth-order valence-electron chi connectivity index (χ4n) is 3.31. The van der Waals surface area contributed by atoms with E-state index in [0.29, 0.717) is 28.8 Å². The van der Waals surface area contributed by atoms with Gasteiger partial charge in [0.25, 0.3) is 0 Å². The number of alkyl carbamates (subject to hydrolysis) is 1. The minimum atomic E-state index is -0.693. The predicted octanol–water partition coefficient (Wildman–Crippen LogP) is 5.73. The van der Waals surface area contributed by atoms with Gasteiger partial charge >= 0.3 is 6.09 Å². The van der Waals surface area contributed by atoms with E-state index < -0.39 is 35.3 Å². The van der Waals surface area contributed by atoms with E-state index in [1.165, 1.54) is 30.3 Å². The standard InChI is InChI=1S/C24H26F2N2O3/c1-14-6-5-7-20(28-23(30)31-24(2,3)4)16-10-15(11-18(26)12-16)19-13-17(25)8-9-21(19)27-22(14)29/h5-6,8-14,20H,7H2,1-4H3,(H,27,29)(H,28,30)/t14-,20+/m1/s1. The Labute approximate surface area is 180 Å². The van der Waals surface area contributed by atoms with Crippen LogP contribution in [0.2, 0.25) is 0 Å². The molecule has 2 aromatic rings. The van der Waals surface area contributed by atoms with Crippen LogP contribution in [0.15, 0.2) is 48.6 Å². The maximum absolute atomic E-state index is 14.6. The molecule has 0 radical (unpaired) electrons. The molecule has 0 saturated heterocycles. The summed E-state index contributed by atoms with van der Waals surface area (Å²) in [6, 6.07) is 7.60. The Kier molecular flexibility index (Phi) is 6.43. The van der Waals surface area contributed by atoms with Crippen molar-refractivity contribution in [3.8, 4) is 11.1 Å². The second-order valence-electron chi connectivity index (χ2n) is 8.60. The molecule has 2 N–H and O–H groups in total. The Morgan fingerprint density at radius 1 is 1.13 bits per heavy atom. The van der Waals surface area contributed by atoms with E-state index in [1.807, 2.05) is 0 Å². The van der Waals surface area contributed by atoms with Crippen molar-refractivity contribution in [2.24, 2.45) is 5.92 Å². The van der Waals surface area contributed by atoms with Gasteiger partial charge in [-0.1, -0.05) is 19.1 Å². The van der Waals surface area contributed by atoms with Gasteiger partial charge in [0.05, 0.1) is 12.0 Å². The topological polar surface area (TPSA) is 67.4 Å². The van der Waals surface area contributed by atoms with Crippen LogP contribution in [0.4, 0.5) is 19.3 Å². The molecule has 0 unspecified atom stereocenters. The van der Waals surface area contributed by atoms with E-state index in [1.54, 1.807) is 45.9 Å². The summed E-state index contributed by atoms with van der Waals surface area (Å²) in [7, 11) is 0. The monoisotopic (exact) mass is 428 g/mol. The summed E-state index contributed by atoms with van der Waals surface area (Å²) in [5, 5.41) is 5.55. The highest BCUT2D eigenvalue weighted by atomic mass is 19.1. The van der Waals surface area contributed by atoms with Crippen molar-refractivity contribution in [1.29, 1.82) is 0 Å². The smallest absolute Gasteiger partial charge is 0.408 e. The minimum absolute atomic E-state index is 0.280. The van der Waals surface area contributed by atoms with Crippen LogP contribution in [-0.2, 0) is 9.53 Å². The number of hydrogen-bond donors (Lipinski definition) is 2. The molecule has 0 fully saturated rings. The van der Waals surface area contributed by atoms with Gasteiger partial charge in [0.15, 0.2) is 0 Å². The van der Waals surface area contributed by atoms with Gasteiger partial charge in [0.1, 0.15) is 17.2 Å². The number of nitrogens with one attached hydrogen (secondary N) is 2. The highest BCUT2D eigenvalue weighted by molar-refractivity contribution is 5.97. The molecule has 0 spiro atoms. The Bertz CT molecular complexity index is 1030. The van der Waals surface area contributed by atoms with Crippen LogP contribution in [0.1, 0.15) is 45.7 Å². The van der Waals surface area contributed by atoms with E-state index in [2.05, 4.69) is 10.6 Å². The van der Waals surface area contributed by atoms with Gasteiger partial charge in [-0.2, -0.15) is 0 Å². The zero-order valence-electron chi connectivity index (χ0n) is 18.0. The molecule has 5 nitrogen and oxygen atoms in total. The van der Waals surface area contributed by atoms with Gasteiger partial charge < -0.3 is 15.4 Å². The minimum Gasteiger partial charge on any atom is -0.444 e. The van der Waals surface area contributed by atoms with Crippen LogP contribution in [0.5, 0.6) is 0 Å². The molecule has 2 bridgehead atoms. The fourth-order valence-corrected chi connectivity index (χ4v) is 3.31. The molecule has 31 heavy (non-hydrogen) atoms. The zero-order chi connectivity index (χ0) is 22.8. The highest BCUT2D eigenvalue weighted by Crippen LogP contribution is 2.33. The molecule has 1 aliphatic rings. The summed E-state index contributed by atoms with van der Waals surface area (Å²) in [5.41, 5.74) is 0.919. The van der Waals surface area contributed by atoms with Crippen molar-refractivity contribution in [1.82, 2.24) is 5.32 Å². The molecule has 1 aliphatic heterocycles. The lowest BCUT2D eigenvalue weighted by Gasteiger charge is -2.24. The van der Waals surface area contributed by atoms with Gasteiger partial charge in [-0.15, -0.1) is 0 Å². The second kappa shape index (κ2) is 8.88. The number of anilines is 1. The third-order valence-corrected chi connectivity index (χ3v) is 4.77. The van der Waals surface area contributed by atoms with E-state index >= 15 is 0 Å². The van der Waals surface area contributed by atoms with Crippen LogP contribution < -0.4 is 10.6 Å². The lowest BCUT2D eigenvalue weighted by molar-refractivity contribution is -0.118. The van der Waals surface area contributed by atoms with Crippen LogP contribution in [-0.4, -0.2) is 17.6 Å². The number of halogens is 2.